The summed E-state index contributed by atoms with van der Waals surface area (Å²) in [4.78, 5) is 23.1. The lowest BCUT2D eigenvalue weighted by molar-refractivity contribution is -0.116. The summed E-state index contributed by atoms with van der Waals surface area (Å²) in [6.45, 7) is 3.82. The topological polar surface area (TPSA) is 86.3 Å². The number of esters is 1. The molecule has 1 heterocycles. The van der Waals surface area contributed by atoms with E-state index in [0.717, 1.165) is 0 Å². The first kappa shape index (κ1) is 17.5. The van der Waals surface area contributed by atoms with Crippen LogP contribution in [0.5, 0.6) is 0 Å². The number of hydrogen-bond acceptors (Lipinski definition) is 4. The number of aryl methyl sites for hydroxylation is 1. The summed E-state index contributed by atoms with van der Waals surface area (Å²) in [6.07, 6.45) is 1.90. The summed E-state index contributed by atoms with van der Waals surface area (Å²) in [5.41, 5.74) is 6.49. The van der Waals surface area contributed by atoms with Crippen LogP contribution in [0.15, 0.2) is 12.3 Å². The SMILES string of the molecule is CCOC(=O)c1cc(NC(=O)CC(C)N)cn1C.Cl. The highest BCUT2D eigenvalue weighted by Crippen LogP contribution is 2.14. The highest BCUT2D eigenvalue weighted by molar-refractivity contribution is 5.94. The lowest BCUT2D eigenvalue weighted by atomic mass is 10.2. The van der Waals surface area contributed by atoms with E-state index in [0.29, 0.717) is 18.0 Å². The minimum absolute atomic E-state index is 0. The van der Waals surface area contributed by atoms with Gasteiger partial charge >= 0.3 is 5.97 Å². The first-order valence-corrected chi connectivity index (χ1v) is 5.83. The Morgan fingerprint density at radius 3 is 2.68 bits per heavy atom. The van der Waals surface area contributed by atoms with Crippen molar-refractivity contribution in [2.24, 2.45) is 12.8 Å². The molecule has 6 nitrogen and oxygen atoms in total. The molecule has 0 spiro atoms. The van der Waals surface area contributed by atoms with Gasteiger partial charge in [-0.3, -0.25) is 4.79 Å². The molecular formula is C12H20ClN3O3. The fourth-order valence-corrected chi connectivity index (χ4v) is 1.55. The Kier molecular flexibility index (Phi) is 7.18. The van der Waals surface area contributed by atoms with Crippen LogP contribution in [0, 0.1) is 0 Å². The second-order valence-electron chi connectivity index (χ2n) is 4.17. The van der Waals surface area contributed by atoms with Crippen molar-refractivity contribution in [3.8, 4) is 0 Å². The molecule has 1 aromatic rings. The minimum atomic E-state index is -0.410. The maximum absolute atomic E-state index is 11.6. The molecule has 1 amide bonds. The zero-order valence-corrected chi connectivity index (χ0v) is 12.1. The van der Waals surface area contributed by atoms with E-state index in [1.807, 2.05) is 0 Å². The quantitative estimate of drug-likeness (QED) is 0.800. The van der Waals surface area contributed by atoms with Gasteiger partial charge in [0.25, 0.3) is 0 Å². The van der Waals surface area contributed by atoms with Crippen molar-refractivity contribution in [3.63, 3.8) is 0 Å². The molecule has 108 valence electrons. The molecule has 19 heavy (non-hydrogen) atoms. The van der Waals surface area contributed by atoms with Gasteiger partial charge in [-0.2, -0.15) is 0 Å². The maximum atomic E-state index is 11.6. The second-order valence-corrected chi connectivity index (χ2v) is 4.17. The van der Waals surface area contributed by atoms with Gasteiger partial charge in [0, 0.05) is 25.7 Å². The number of nitrogens with two attached hydrogens (primary N) is 1. The fraction of sp³-hybridized carbons (Fsp3) is 0.500. The van der Waals surface area contributed by atoms with Crippen molar-refractivity contribution in [3.05, 3.63) is 18.0 Å². The molecule has 1 rings (SSSR count). The average Bonchev–Trinajstić information content (AvgIpc) is 2.58. The number of amides is 1. The summed E-state index contributed by atoms with van der Waals surface area (Å²) in [7, 11) is 1.72. The Morgan fingerprint density at radius 2 is 2.16 bits per heavy atom. The molecule has 7 heteroatoms. The molecular weight excluding hydrogens is 270 g/mol. The van der Waals surface area contributed by atoms with Gasteiger partial charge in [0.15, 0.2) is 0 Å². The molecule has 1 aromatic heterocycles. The van der Waals surface area contributed by atoms with Gasteiger partial charge in [-0.1, -0.05) is 0 Å². The van der Waals surface area contributed by atoms with Crippen LogP contribution in [-0.2, 0) is 16.6 Å². The summed E-state index contributed by atoms with van der Waals surface area (Å²) in [6, 6.07) is 1.38. The van der Waals surface area contributed by atoms with Crippen molar-refractivity contribution in [2.45, 2.75) is 26.3 Å². The van der Waals surface area contributed by atoms with Gasteiger partial charge in [0.05, 0.1) is 12.3 Å². The number of hydrogen-bond donors (Lipinski definition) is 2. The van der Waals surface area contributed by atoms with Gasteiger partial charge in [-0.15, -0.1) is 12.4 Å². The number of halogens is 1. The Balaban J connectivity index is 0.00000324. The van der Waals surface area contributed by atoms with Gasteiger partial charge < -0.3 is 20.4 Å². The van der Waals surface area contributed by atoms with E-state index >= 15 is 0 Å². The van der Waals surface area contributed by atoms with E-state index in [-0.39, 0.29) is 30.8 Å². The van der Waals surface area contributed by atoms with Crippen LogP contribution in [0.3, 0.4) is 0 Å². The van der Waals surface area contributed by atoms with E-state index < -0.39 is 5.97 Å². The molecule has 0 aliphatic carbocycles. The van der Waals surface area contributed by atoms with Crippen LogP contribution < -0.4 is 11.1 Å². The molecule has 0 aromatic carbocycles. The number of ether oxygens (including phenoxy) is 1. The first-order chi connectivity index (χ1) is 8.43. The summed E-state index contributed by atoms with van der Waals surface area (Å²) in [5, 5.41) is 2.68. The minimum Gasteiger partial charge on any atom is -0.461 e. The predicted molar refractivity (Wildman–Crippen MR) is 75.5 cm³/mol. The Hall–Kier alpha value is -1.53. The van der Waals surface area contributed by atoms with E-state index in [9.17, 15) is 9.59 Å². The lowest BCUT2D eigenvalue weighted by Crippen LogP contribution is -2.23. The monoisotopic (exact) mass is 289 g/mol. The van der Waals surface area contributed by atoms with Crippen LogP contribution >= 0.6 is 12.4 Å². The maximum Gasteiger partial charge on any atom is 0.355 e. The van der Waals surface area contributed by atoms with Crippen LogP contribution in [-0.4, -0.2) is 29.1 Å². The zero-order chi connectivity index (χ0) is 13.7. The molecule has 3 N–H and O–H groups in total. The second kappa shape index (κ2) is 7.81. The number of carbonyl (C=O) groups is 2. The highest BCUT2D eigenvalue weighted by atomic mass is 35.5. The van der Waals surface area contributed by atoms with Crippen molar-refractivity contribution in [1.29, 1.82) is 0 Å². The molecule has 1 unspecified atom stereocenters. The molecule has 0 saturated carbocycles. The Bertz CT molecular complexity index is 443. The van der Waals surface area contributed by atoms with Gasteiger partial charge in [0.2, 0.25) is 5.91 Å². The largest absolute Gasteiger partial charge is 0.461 e. The van der Waals surface area contributed by atoms with Crippen LogP contribution in [0.2, 0.25) is 0 Å². The summed E-state index contributed by atoms with van der Waals surface area (Å²) < 4.78 is 6.51. The molecule has 0 bridgehead atoms. The number of anilines is 1. The van der Waals surface area contributed by atoms with Gasteiger partial charge in [0.1, 0.15) is 5.69 Å². The third kappa shape index (κ3) is 5.32. The van der Waals surface area contributed by atoms with Crippen molar-refractivity contribution < 1.29 is 14.3 Å². The van der Waals surface area contributed by atoms with E-state index in [1.165, 1.54) is 0 Å². The molecule has 0 fully saturated rings. The van der Waals surface area contributed by atoms with E-state index in [2.05, 4.69) is 5.32 Å². The average molecular weight is 290 g/mol. The van der Waals surface area contributed by atoms with Crippen LogP contribution in [0.4, 0.5) is 5.69 Å². The standard InChI is InChI=1S/C12H19N3O3.ClH/c1-4-18-12(17)10-6-9(7-15(10)3)14-11(16)5-8(2)13;/h6-8H,4-5,13H2,1-3H3,(H,14,16);1H. The summed E-state index contributed by atoms with van der Waals surface area (Å²) in [5.74, 6) is -0.585. The van der Waals surface area contributed by atoms with Crippen molar-refractivity contribution >= 4 is 30.0 Å². The van der Waals surface area contributed by atoms with Gasteiger partial charge in [-0.25, -0.2) is 4.79 Å². The molecule has 1 atom stereocenters. The molecule has 0 aliphatic rings. The van der Waals surface area contributed by atoms with Gasteiger partial charge in [-0.05, 0) is 19.9 Å². The molecule has 0 radical (unpaired) electrons. The number of nitrogens with one attached hydrogen (secondary N) is 1. The lowest BCUT2D eigenvalue weighted by Gasteiger charge is -2.04. The molecule has 0 saturated heterocycles. The van der Waals surface area contributed by atoms with E-state index in [4.69, 9.17) is 10.5 Å². The zero-order valence-electron chi connectivity index (χ0n) is 11.3. The highest BCUT2D eigenvalue weighted by Gasteiger charge is 2.14. The predicted octanol–water partition coefficient (Wildman–Crippen LogP) is 1.30. The smallest absolute Gasteiger partial charge is 0.355 e. The number of aromatic nitrogens is 1. The number of rotatable bonds is 5. The summed E-state index contributed by atoms with van der Waals surface area (Å²) >= 11 is 0. The van der Waals surface area contributed by atoms with Crippen molar-refractivity contribution in [1.82, 2.24) is 4.57 Å². The fourth-order valence-electron chi connectivity index (χ4n) is 1.55. The third-order valence-corrected chi connectivity index (χ3v) is 2.28. The number of nitrogens with zero attached hydrogens (tertiary/aromatic N) is 1. The number of carbonyl (C=O) groups excluding carboxylic acids is 2. The van der Waals surface area contributed by atoms with Crippen LogP contribution in [0.1, 0.15) is 30.8 Å². The van der Waals surface area contributed by atoms with Crippen molar-refractivity contribution in [2.75, 3.05) is 11.9 Å². The first-order valence-electron chi connectivity index (χ1n) is 5.83. The molecule has 0 aliphatic heterocycles. The third-order valence-electron chi connectivity index (χ3n) is 2.28. The normalized spacial score (nSPS) is 11.4. The van der Waals surface area contributed by atoms with E-state index in [1.54, 1.807) is 37.7 Å². The van der Waals surface area contributed by atoms with Crippen LogP contribution in [0.25, 0.3) is 0 Å². The Morgan fingerprint density at radius 1 is 1.53 bits per heavy atom. The Labute approximate surface area is 118 Å².